The molecule has 3 heterocycles. The van der Waals surface area contributed by atoms with Crippen molar-refractivity contribution in [2.45, 2.75) is 57.7 Å². The molecular formula is C14H21N3O3. The highest BCUT2D eigenvalue weighted by Gasteiger charge is 2.59. The van der Waals surface area contributed by atoms with Crippen LogP contribution >= 0.6 is 0 Å². The quantitative estimate of drug-likeness (QED) is 0.703. The third-order valence-electron chi connectivity index (χ3n) is 4.88. The molecule has 3 aliphatic heterocycles. The molecule has 0 aliphatic carbocycles. The fraction of sp³-hybridized carbons (Fsp3) is 0.786. The first kappa shape index (κ1) is 13.4. The fourth-order valence-electron chi connectivity index (χ4n) is 3.67. The van der Waals surface area contributed by atoms with Gasteiger partial charge in [0.05, 0.1) is 6.04 Å². The van der Waals surface area contributed by atoms with E-state index in [4.69, 9.17) is 0 Å². The molecule has 0 spiro atoms. The van der Waals surface area contributed by atoms with Gasteiger partial charge in [0.1, 0.15) is 5.54 Å². The lowest BCUT2D eigenvalue weighted by Gasteiger charge is -2.25. The number of carbonyl (C=O) groups excluding carboxylic acids is 3. The molecule has 0 N–H and O–H groups in total. The first-order chi connectivity index (χ1) is 9.36. The van der Waals surface area contributed by atoms with Crippen LogP contribution in [0.5, 0.6) is 0 Å². The Morgan fingerprint density at radius 3 is 2.50 bits per heavy atom. The maximum atomic E-state index is 12.6. The zero-order chi connectivity index (χ0) is 14.7. The van der Waals surface area contributed by atoms with Crippen molar-refractivity contribution in [1.29, 1.82) is 0 Å². The number of likely N-dealkylation sites (tertiary alicyclic amines) is 1. The smallest absolute Gasteiger partial charge is 0.328 e. The van der Waals surface area contributed by atoms with Gasteiger partial charge in [0, 0.05) is 25.6 Å². The Kier molecular flexibility index (Phi) is 2.81. The molecule has 4 amide bonds. The van der Waals surface area contributed by atoms with Crippen LogP contribution in [-0.4, -0.2) is 63.3 Å². The van der Waals surface area contributed by atoms with Crippen molar-refractivity contribution < 1.29 is 14.4 Å². The SMILES string of the molecule is CC(C)N1CC(N2C(=O)N3CCC[C@@]3(C)C2=O)CC1=O. The van der Waals surface area contributed by atoms with Gasteiger partial charge >= 0.3 is 6.03 Å². The van der Waals surface area contributed by atoms with Gasteiger partial charge in [-0.3, -0.25) is 14.5 Å². The molecule has 3 saturated heterocycles. The Morgan fingerprint density at radius 1 is 1.25 bits per heavy atom. The standard InChI is InChI=1S/C14H21N3O3/c1-9(2)15-8-10(7-11(15)18)17-12(19)14(3)5-4-6-16(14)13(17)20/h9-10H,4-8H2,1-3H3/t10?,14-/m0/s1. The monoisotopic (exact) mass is 279 g/mol. The fourth-order valence-corrected chi connectivity index (χ4v) is 3.67. The van der Waals surface area contributed by atoms with E-state index in [1.54, 1.807) is 9.80 Å². The molecule has 0 radical (unpaired) electrons. The number of hydrogen-bond donors (Lipinski definition) is 0. The molecule has 2 atom stereocenters. The van der Waals surface area contributed by atoms with Crippen molar-refractivity contribution in [3.05, 3.63) is 0 Å². The predicted octanol–water partition coefficient (Wildman–Crippen LogP) is 0.812. The van der Waals surface area contributed by atoms with E-state index in [0.29, 0.717) is 13.1 Å². The van der Waals surface area contributed by atoms with Crippen LogP contribution in [0.25, 0.3) is 0 Å². The van der Waals surface area contributed by atoms with Gasteiger partial charge in [-0.15, -0.1) is 0 Å². The third kappa shape index (κ3) is 1.60. The number of nitrogens with zero attached hydrogens (tertiary/aromatic N) is 3. The normalized spacial score (nSPS) is 33.9. The summed E-state index contributed by atoms with van der Waals surface area (Å²) in [5.41, 5.74) is -0.675. The van der Waals surface area contributed by atoms with E-state index >= 15 is 0 Å². The van der Waals surface area contributed by atoms with Crippen molar-refractivity contribution in [1.82, 2.24) is 14.7 Å². The average molecular weight is 279 g/mol. The molecule has 3 fully saturated rings. The number of fused-ring (bicyclic) bond motifs is 1. The molecule has 0 aromatic heterocycles. The Hall–Kier alpha value is -1.59. The molecule has 3 aliphatic rings. The maximum absolute atomic E-state index is 12.6. The van der Waals surface area contributed by atoms with Gasteiger partial charge in [-0.1, -0.05) is 0 Å². The van der Waals surface area contributed by atoms with Crippen molar-refractivity contribution in [3.63, 3.8) is 0 Å². The van der Waals surface area contributed by atoms with Gasteiger partial charge in [-0.05, 0) is 33.6 Å². The van der Waals surface area contributed by atoms with Gasteiger partial charge in [-0.25, -0.2) is 4.79 Å². The number of hydrogen-bond acceptors (Lipinski definition) is 3. The zero-order valence-corrected chi connectivity index (χ0v) is 12.3. The Morgan fingerprint density at radius 2 is 1.95 bits per heavy atom. The van der Waals surface area contributed by atoms with E-state index in [2.05, 4.69) is 0 Å². The minimum Gasteiger partial charge on any atom is -0.338 e. The van der Waals surface area contributed by atoms with Gasteiger partial charge < -0.3 is 9.80 Å². The molecular weight excluding hydrogens is 258 g/mol. The van der Waals surface area contributed by atoms with E-state index in [9.17, 15) is 14.4 Å². The van der Waals surface area contributed by atoms with E-state index in [-0.39, 0.29) is 36.3 Å². The van der Waals surface area contributed by atoms with Crippen LogP contribution in [0.1, 0.15) is 40.0 Å². The summed E-state index contributed by atoms with van der Waals surface area (Å²) in [5, 5.41) is 0. The molecule has 20 heavy (non-hydrogen) atoms. The summed E-state index contributed by atoms with van der Waals surface area (Å²) >= 11 is 0. The summed E-state index contributed by atoms with van der Waals surface area (Å²) in [5.74, 6) is -0.0915. The van der Waals surface area contributed by atoms with E-state index in [1.807, 2.05) is 20.8 Å². The first-order valence-electron chi connectivity index (χ1n) is 7.31. The van der Waals surface area contributed by atoms with Crippen LogP contribution in [-0.2, 0) is 9.59 Å². The second-order valence-corrected chi connectivity index (χ2v) is 6.48. The zero-order valence-electron chi connectivity index (χ0n) is 12.3. The molecule has 1 unspecified atom stereocenters. The minimum absolute atomic E-state index is 0.0304. The second kappa shape index (κ2) is 4.20. The molecule has 0 bridgehead atoms. The number of amides is 4. The summed E-state index contributed by atoms with van der Waals surface area (Å²) in [6, 6.07) is -0.401. The molecule has 6 nitrogen and oxygen atoms in total. The van der Waals surface area contributed by atoms with Crippen molar-refractivity contribution in [3.8, 4) is 0 Å². The topological polar surface area (TPSA) is 60.9 Å². The summed E-state index contributed by atoms with van der Waals surface area (Å²) in [6.07, 6.45) is 1.87. The van der Waals surface area contributed by atoms with E-state index in [0.717, 1.165) is 12.8 Å². The van der Waals surface area contributed by atoms with E-state index in [1.165, 1.54) is 4.90 Å². The van der Waals surface area contributed by atoms with E-state index < -0.39 is 5.54 Å². The summed E-state index contributed by atoms with van der Waals surface area (Å²) in [4.78, 5) is 41.9. The number of imide groups is 1. The third-order valence-corrected chi connectivity index (χ3v) is 4.88. The summed E-state index contributed by atoms with van der Waals surface area (Å²) < 4.78 is 0. The molecule has 110 valence electrons. The van der Waals surface area contributed by atoms with Gasteiger partial charge in [0.15, 0.2) is 0 Å². The van der Waals surface area contributed by atoms with Crippen molar-refractivity contribution in [2.24, 2.45) is 0 Å². The Balaban J connectivity index is 1.84. The van der Waals surface area contributed by atoms with Crippen LogP contribution in [0, 0.1) is 0 Å². The van der Waals surface area contributed by atoms with Gasteiger partial charge in [0.25, 0.3) is 5.91 Å². The lowest BCUT2D eigenvalue weighted by Crippen LogP contribution is -2.45. The lowest BCUT2D eigenvalue weighted by molar-refractivity contribution is -0.133. The molecule has 3 rings (SSSR count). The molecule has 6 heteroatoms. The maximum Gasteiger partial charge on any atom is 0.328 e. The highest BCUT2D eigenvalue weighted by molar-refractivity contribution is 6.08. The van der Waals surface area contributed by atoms with Crippen LogP contribution in [0.2, 0.25) is 0 Å². The lowest BCUT2D eigenvalue weighted by atomic mass is 9.99. The average Bonchev–Trinajstić information content (AvgIpc) is 2.97. The van der Waals surface area contributed by atoms with Crippen molar-refractivity contribution >= 4 is 17.8 Å². The predicted molar refractivity (Wildman–Crippen MR) is 71.8 cm³/mol. The minimum atomic E-state index is -0.675. The number of rotatable bonds is 2. The molecule has 0 saturated carbocycles. The number of carbonyl (C=O) groups is 3. The summed E-state index contributed by atoms with van der Waals surface area (Å²) in [7, 11) is 0. The van der Waals surface area contributed by atoms with Crippen LogP contribution in [0.15, 0.2) is 0 Å². The van der Waals surface area contributed by atoms with Crippen LogP contribution in [0.3, 0.4) is 0 Å². The second-order valence-electron chi connectivity index (χ2n) is 6.48. The van der Waals surface area contributed by atoms with Crippen LogP contribution in [0.4, 0.5) is 4.79 Å². The summed E-state index contributed by atoms with van der Waals surface area (Å²) in [6.45, 7) is 6.86. The molecule has 0 aromatic rings. The Labute approximate surface area is 118 Å². The van der Waals surface area contributed by atoms with Crippen molar-refractivity contribution in [2.75, 3.05) is 13.1 Å². The van der Waals surface area contributed by atoms with Crippen LogP contribution < -0.4 is 0 Å². The Bertz CT molecular complexity index is 490. The molecule has 0 aromatic carbocycles. The highest BCUT2D eigenvalue weighted by atomic mass is 16.2. The van der Waals surface area contributed by atoms with Gasteiger partial charge in [-0.2, -0.15) is 0 Å². The number of urea groups is 1. The van der Waals surface area contributed by atoms with Gasteiger partial charge in [0.2, 0.25) is 5.91 Å². The first-order valence-corrected chi connectivity index (χ1v) is 7.31. The highest BCUT2D eigenvalue weighted by Crippen LogP contribution is 2.39. The largest absolute Gasteiger partial charge is 0.338 e.